The summed E-state index contributed by atoms with van der Waals surface area (Å²) in [5.74, 6) is -0.324. The lowest BCUT2D eigenvalue weighted by Crippen LogP contribution is -2.36. The number of nitrogens with two attached hydrogens (primary N) is 1. The van der Waals surface area contributed by atoms with Crippen LogP contribution in [0.5, 0.6) is 0 Å². The number of esters is 1. The van der Waals surface area contributed by atoms with Gasteiger partial charge in [-0.15, -0.1) is 11.3 Å². The Morgan fingerprint density at radius 1 is 1.31 bits per heavy atom. The van der Waals surface area contributed by atoms with Crippen LogP contribution in [0.25, 0.3) is 11.1 Å². The zero-order chi connectivity index (χ0) is 18.7. The maximum Gasteiger partial charge on any atom is 0.341 e. The summed E-state index contributed by atoms with van der Waals surface area (Å²) in [4.78, 5) is 16.2. The monoisotopic (exact) mass is 372 g/mol. The molecule has 0 amide bonds. The van der Waals surface area contributed by atoms with E-state index in [1.807, 2.05) is 6.92 Å². The molecule has 2 aromatic rings. The molecule has 26 heavy (non-hydrogen) atoms. The van der Waals surface area contributed by atoms with E-state index in [1.54, 1.807) is 0 Å². The number of rotatable bonds is 5. The average molecular weight is 373 g/mol. The number of thiophene rings is 1. The molecule has 1 aromatic carbocycles. The third-order valence-electron chi connectivity index (χ3n) is 5.12. The molecule has 1 atom stereocenters. The topological polar surface area (TPSA) is 55.6 Å². The van der Waals surface area contributed by atoms with E-state index < -0.39 is 0 Å². The van der Waals surface area contributed by atoms with Gasteiger partial charge < -0.3 is 10.5 Å². The first-order valence-electron chi connectivity index (χ1n) is 9.40. The van der Waals surface area contributed by atoms with E-state index in [4.69, 9.17) is 10.5 Å². The summed E-state index contributed by atoms with van der Waals surface area (Å²) in [6, 6.07) is 8.85. The molecule has 2 N–H and O–H groups in total. The molecule has 0 spiro atoms. The maximum atomic E-state index is 12.6. The van der Waals surface area contributed by atoms with Crippen LogP contribution >= 0.6 is 11.3 Å². The van der Waals surface area contributed by atoms with Crippen molar-refractivity contribution in [2.75, 3.05) is 18.9 Å². The molecule has 1 aromatic heterocycles. The van der Waals surface area contributed by atoms with Crippen molar-refractivity contribution in [2.24, 2.45) is 0 Å². The second kappa shape index (κ2) is 8.23. The summed E-state index contributed by atoms with van der Waals surface area (Å²) in [6.45, 7) is 8.45. The molecule has 1 unspecified atom stereocenters. The number of nitrogen functional groups attached to an aromatic ring is 1. The molecule has 140 valence electrons. The molecule has 0 saturated carbocycles. The number of likely N-dealkylation sites (tertiary alicyclic amines) is 1. The van der Waals surface area contributed by atoms with Crippen LogP contribution in [-0.2, 0) is 11.3 Å². The van der Waals surface area contributed by atoms with Crippen LogP contribution in [0.2, 0.25) is 0 Å². The molecular weight excluding hydrogens is 344 g/mol. The summed E-state index contributed by atoms with van der Waals surface area (Å²) < 4.78 is 5.29. The van der Waals surface area contributed by atoms with Crippen LogP contribution in [0, 0.1) is 6.92 Å². The van der Waals surface area contributed by atoms with Crippen LogP contribution in [0.1, 0.15) is 53.9 Å². The Kier molecular flexibility index (Phi) is 5.99. The standard InChI is InChI=1S/C21H28N2O2S/c1-4-25-21(24)19-18(16-10-8-14(2)9-11-16)17(26-20(19)22)13-23-12-6-5-7-15(23)3/h8-11,15H,4-7,12-13,22H2,1-3H3. The quantitative estimate of drug-likeness (QED) is 0.762. The molecule has 3 rings (SSSR count). The molecule has 2 heterocycles. The van der Waals surface area contributed by atoms with E-state index in [9.17, 15) is 4.79 Å². The summed E-state index contributed by atoms with van der Waals surface area (Å²) in [5.41, 5.74) is 9.98. The van der Waals surface area contributed by atoms with Gasteiger partial charge in [-0.2, -0.15) is 0 Å². The lowest BCUT2D eigenvalue weighted by Gasteiger charge is -2.33. The molecular formula is C21H28N2O2S. The van der Waals surface area contributed by atoms with E-state index in [2.05, 4.69) is 43.0 Å². The van der Waals surface area contributed by atoms with E-state index in [-0.39, 0.29) is 5.97 Å². The lowest BCUT2D eigenvalue weighted by atomic mass is 9.98. The number of hydrogen-bond acceptors (Lipinski definition) is 5. The van der Waals surface area contributed by atoms with Crippen molar-refractivity contribution in [1.82, 2.24) is 4.90 Å². The van der Waals surface area contributed by atoms with Gasteiger partial charge in [-0.1, -0.05) is 36.2 Å². The number of hydrogen-bond donors (Lipinski definition) is 1. The van der Waals surface area contributed by atoms with Crippen molar-refractivity contribution in [3.63, 3.8) is 0 Å². The van der Waals surface area contributed by atoms with Crippen molar-refractivity contribution in [3.8, 4) is 11.1 Å². The highest BCUT2D eigenvalue weighted by atomic mass is 32.1. The Bertz CT molecular complexity index is 767. The number of piperidine rings is 1. The van der Waals surface area contributed by atoms with Gasteiger partial charge in [-0.25, -0.2) is 4.79 Å². The predicted octanol–water partition coefficient (Wildman–Crippen LogP) is 4.86. The van der Waals surface area contributed by atoms with Gasteiger partial charge in [0.15, 0.2) is 0 Å². The van der Waals surface area contributed by atoms with Gasteiger partial charge in [-0.3, -0.25) is 4.90 Å². The Morgan fingerprint density at radius 3 is 2.69 bits per heavy atom. The first-order valence-corrected chi connectivity index (χ1v) is 10.2. The highest BCUT2D eigenvalue weighted by molar-refractivity contribution is 7.17. The maximum absolute atomic E-state index is 12.6. The molecule has 1 saturated heterocycles. The van der Waals surface area contributed by atoms with Crippen LogP contribution in [0.4, 0.5) is 5.00 Å². The highest BCUT2D eigenvalue weighted by Gasteiger charge is 2.27. The normalized spacial score (nSPS) is 18.0. The Balaban J connectivity index is 2.04. The van der Waals surface area contributed by atoms with Gasteiger partial charge in [0.1, 0.15) is 10.6 Å². The van der Waals surface area contributed by atoms with Gasteiger partial charge in [-0.05, 0) is 45.7 Å². The minimum atomic E-state index is -0.324. The van der Waals surface area contributed by atoms with Crippen molar-refractivity contribution >= 4 is 22.3 Å². The summed E-state index contributed by atoms with van der Waals surface area (Å²) in [6.07, 6.45) is 3.75. The van der Waals surface area contributed by atoms with Gasteiger partial charge in [0.25, 0.3) is 0 Å². The first-order chi connectivity index (χ1) is 12.5. The largest absolute Gasteiger partial charge is 0.462 e. The highest BCUT2D eigenvalue weighted by Crippen LogP contribution is 2.40. The molecule has 0 bridgehead atoms. The molecule has 1 fully saturated rings. The fraction of sp³-hybridized carbons (Fsp3) is 0.476. The summed E-state index contributed by atoms with van der Waals surface area (Å²) >= 11 is 1.53. The number of carbonyl (C=O) groups excluding carboxylic acids is 1. The third kappa shape index (κ3) is 3.94. The predicted molar refractivity (Wildman–Crippen MR) is 109 cm³/mol. The Labute approximate surface area is 160 Å². The smallest absolute Gasteiger partial charge is 0.341 e. The van der Waals surface area contributed by atoms with E-state index in [1.165, 1.54) is 36.2 Å². The van der Waals surface area contributed by atoms with Gasteiger partial charge >= 0.3 is 5.97 Å². The minimum absolute atomic E-state index is 0.324. The number of anilines is 1. The fourth-order valence-corrected chi connectivity index (χ4v) is 4.72. The van der Waals surface area contributed by atoms with Gasteiger partial charge in [0.05, 0.1) is 6.61 Å². The zero-order valence-electron chi connectivity index (χ0n) is 15.9. The van der Waals surface area contributed by atoms with Crippen molar-refractivity contribution in [1.29, 1.82) is 0 Å². The zero-order valence-corrected chi connectivity index (χ0v) is 16.7. The van der Waals surface area contributed by atoms with Gasteiger partial charge in [0, 0.05) is 23.0 Å². The summed E-state index contributed by atoms with van der Waals surface area (Å²) in [7, 11) is 0. The van der Waals surface area contributed by atoms with E-state index in [0.29, 0.717) is 23.2 Å². The fourth-order valence-electron chi connectivity index (χ4n) is 3.62. The molecule has 5 heteroatoms. The van der Waals surface area contributed by atoms with E-state index >= 15 is 0 Å². The van der Waals surface area contributed by atoms with Crippen LogP contribution in [0.15, 0.2) is 24.3 Å². The third-order valence-corrected chi connectivity index (χ3v) is 6.12. The SMILES string of the molecule is CCOC(=O)c1c(N)sc(CN2CCCCC2C)c1-c1ccc(C)cc1. The minimum Gasteiger partial charge on any atom is -0.462 e. The molecule has 0 radical (unpaired) electrons. The average Bonchev–Trinajstić information content (AvgIpc) is 2.94. The van der Waals surface area contributed by atoms with Gasteiger partial charge in [0.2, 0.25) is 0 Å². The molecule has 0 aliphatic carbocycles. The number of aryl methyl sites for hydroxylation is 1. The molecule has 1 aliphatic heterocycles. The summed E-state index contributed by atoms with van der Waals surface area (Å²) in [5, 5.41) is 0.554. The Morgan fingerprint density at radius 2 is 2.04 bits per heavy atom. The number of nitrogens with zero attached hydrogens (tertiary/aromatic N) is 1. The molecule has 1 aliphatic rings. The second-order valence-electron chi connectivity index (χ2n) is 7.04. The lowest BCUT2D eigenvalue weighted by molar-refractivity contribution is 0.0529. The van der Waals surface area contributed by atoms with Crippen molar-refractivity contribution in [3.05, 3.63) is 40.3 Å². The van der Waals surface area contributed by atoms with Crippen LogP contribution in [-0.4, -0.2) is 30.1 Å². The number of benzene rings is 1. The first kappa shape index (κ1) is 18.9. The van der Waals surface area contributed by atoms with Crippen LogP contribution < -0.4 is 5.73 Å². The Hall–Kier alpha value is -1.85. The number of carbonyl (C=O) groups is 1. The second-order valence-corrected chi connectivity index (χ2v) is 8.18. The number of ether oxygens (including phenoxy) is 1. The van der Waals surface area contributed by atoms with Crippen LogP contribution in [0.3, 0.4) is 0 Å². The van der Waals surface area contributed by atoms with E-state index in [0.717, 1.165) is 29.1 Å². The van der Waals surface area contributed by atoms with Crippen molar-refractivity contribution < 1.29 is 9.53 Å². The molecule has 4 nitrogen and oxygen atoms in total. The van der Waals surface area contributed by atoms with Crippen molar-refractivity contribution in [2.45, 2.75) is 52.6 Å².